The fraction of sp³-hybridized carbons (Fsp3) is 0.909. The van der Waals surface area contributed by atoms with Gasteiger partial charge in [0.1, 0.15) is 0 Å². The smallest absolute Gasteiger partial charge is 0.409 e. The second-order valence-electron chi connectivity index (χ2n) is 4.97. The van der Waals surface area contributed by atoms with Crippen molar-refractivity contribution in [2.75, 3.05) is 20.2 Å². The van der Waals surface area contributed by atoms with Crippen LogP contribution >= 0.6 is 0 Å². The molecule has 4 nitrogen and oxygen atoms in total. The van der Waals surface area contributed by atoms with Crippen LogP contribution in [0.4, 0.5) is 4.79 Å². The Morgan fingerprint density at radius 2 is 2.07 bits per heavy atom. The quantitative estimate of drug-likeness (QED) is 0.751. The van der Waals surface area contributed by atoms with Crippen LogP contribution < -0.4 is 5.73 Å². The van der Waals surface area contributed by atoms with E-state index in [1.54, 1.807) is 4.90 Å². The molecule has 2 N–H and O–H groups in total. The number of hydrogen-bond acceptors (Lipinski definition) is 3. The van der Waals surface area contributed by atoms with Gasteiger partial charge in [-0.25, -0.2) is 4.79 Å². The van der Waals surface area contributed by atoms with E-state index in [9.17, 15) is 4.79 Å². The Labute approximate surface area is 90.8 Å². The number of hydrogen-bond donors (Lipinski definition) is 1. The Morgan fingerprint density at radius 1 is 1.47 bits per heavy atom. The largest absolute Gasteiger partial charge is 0.453 e. The van der Waals surface area contributed by atoms with E-state index in [4.69, 9.17) is 10.5 Å². The topological polar surface area (TPSA) is 55.6 Å². The van der Waals surface area contributed by atoms with Crippen LogP contribution in [-0.4, -0.2) is 36.7 Å². The van der Waals surface area contributed by atoms with Crippen molar-refractivity contribution in [3.8, 4) is 0 Å². The Hall–Kier alpha value is -0.770. The Bertz CT molecular complexity index is 243. The number of likely N-dealkylation sites (tertiary alicyclic amines) is 1. The third-order valence-corrected chi connectivity index (χ3v) is 3.63. The van der Waals surface area contributed by atoms with Crippen LogP contribution in [-0.2, 0) is 4.74 Å². The molecule has 1 aliphatic carbocycles. The highest BCUT2D eigenvalue weighted by atomic mass is 16.5. The van der Waals surface area contributed by atoms with Crippen molar-refractivity contribution in [3.05, 3.63) is 0 Å². The van der Waals surface area contributed by atoms with Gasteiger partial charge in [-0.2, -0.15) is 0 Å². The van der Waals surface area contributed by atoms with Crippen molar-refractivity contribution in [2.45, 2.75) is 37.6 Å². The maximum atomic E-state index is 11.3. The average molecular weight is 212 g/mol. The van der Waals surface area contributed by atoms with Crippen molar-refractivity contribution < 1.29 is 9.53 Å². The van der Waals surface area contributed by atoms with E-state index in [0.717, 1.165) is 32.4 Å². The van der Waals surface area contributed by atoms with Gasteiger partial charge in [0.25, 0.3) is 0 Å². The number of nitrogens with zero attached hydrogens (tertiary/aromatic N) is 1. The van der Waals surface area contributed by atoms with E-state index < -0.39 is 0 Å². The third-order valence-electron chi connectivity index (χ3n) is 3.63. The van der Waals surface area contributed by atoms with Gasteiger partial charge in [-0.05, 0) is 38.0 Å². The molecule has 0 aromatic rings. The molecule has 0 radical (unpaired) electrons. The summed E-state index contributed by atoms with van der Waals surface area (Å²) in [5.74, 6) is 0.707. The predicted molar refractivity (Wildman–Crippen MR) is 57.5 cm³/mol. The minimum Gasteiger partial charge on any atom is -0.453 e. The van der Waals surface area contributed by atoms with Crippen molar-refractivity contribution in [1.82, 2.24) is 4.90 Å². The normalized spacial score (nSPS) is 25.1. The molecular weight excluding hydrogens is 192 g/mol. The summed E-state index contributed by atoms with van der Waals surface area (Å²) in [6, 6.07) is 0. The lowest BCUT2D eigenvalue weighted by Crippen LogP contribution is -2.40. The maximum Gasteiger partial charge on any atom is 0.409 e. The molecule has 0 spiro atoms. The molecule has 1 amide bonds. The molecule has 2 rings (SSSR count). The molecule has 86 valence electrons. The van der Waals surface area contributed by atoms with Gasteiger partial charge in [0.2, 0.25) is 0 Å². The second kappa shape index (κ2) is 4.00. The molecule has 0 atom stereocenters. The van der Waals surface area contributed by atoms with E-state index in [1.807, 2.05) is 0 Å². The summed E-state index contributed by atoms with van der Waals surface area (Å²) in [5, 5.41) is 0. The number of piperidine rings is 1. The molecule has 1 saturated carbocycles. The van der Waals surface area contributed by atoms with Crippen LogP contribution in [0.3, 0.4) is 0 Å². The zero-order valence-corrected chi connectivity index (χ0v) is 9.37. The van der Waals surface area contributed by atoms with Gasteiger partial charge in [0, 0.05) is 18.6 Å². The van der Waals surface area contributed by atoms with Gasteiger partial charge in [0.15, 0.2) is 0 Å². The molecule has 4 heteroatoms. The van der Waals surface area contributed by atoms with Crippen molar-refractivity contribution in [2.24, 2.45) is 11.7 Å². The molecule has 15 heavy (non-hydrogen) atoms. The fourth-order valence-electron chi connectivity index (χ4n) is 2.39. The first-order valence-electron chi connectivity index (χ1n) is 5.75. The number of methoxy groups -OCH3 is 1. The summed E-state index contributed by atoms with van der Waals surface area (Å²) < 4.78 is 4.70. The molecule has 2 aliphatic rings. The zero-order valence-electron chi connectivity index (χ0n) is 9.37. The minimum atomic E-state index is -0.192. The first-order valence-corrected chi connectivity index (χ1v) is 5.75. The van der Waals surface area contributed by atoms with Gasteiger partial charge >= 0.3 is 6.09 Å². The molecule has 1 aliphatic heterocycles. The number of rotatable bonds is 2. The molecule has 1 saturated heterocycles. The molecule has 0 unspecified atom stereocenters. The Kier molecular flexibility index (Phi) is 2.87. The van der Waals surface area contributed by atoms with Gasteiger partial charge in [-0.15, -0.1) is 0 Å². The van der Waals surface area contributed by atoms with E-state index in [2.05, 4.69) is 0 Å². The number of amides is 1. The molecule has 1 heterocycles. The molecule has 0 aromatic carbocycles. The van der Waals surface area contributed by atoms with E-state index in [1.165, 1.54) is 20.0 Å². The summed E-state index contributed by atoms with van der Waals surface area (Å²) in [4.78, 5) is 13.0. The number of nitrogens with two attached hydrogens (primary N) is 1. The SMILES string of the molecule is COC(=O)N1CCC(CC2(N)CC2)CC1. The summed E-state index contributed by atoms with van der Waals surface area (Å²) in [7, 11) is 1.44. The van der Waals surface area contributed by atoms with Gasteiger partial charge in [-0.3, -0.25) is 0 Å². The summed E-state index contributed by atoms with van der Waals surface area (Å²) >= 11 is 0. The van der Waals surface area contributed by atoms with E-state index >= 15 is 0 Å². The highest BCUT2D eigenvalue weighted by Gasteiger charge is 2.40. The lowest BCUT2D eigenvalue weighted by molar-refractivity contribution is 0.103. The standard InChI is InChI=1S/C11H20N2O2/c1-15-10(14)13-6-2-9(3-7-13)8-11(12)4-5-11/h9H,2-8,12H2,1H3. The van der Waals surface area contributed by atoms with Gasteiger partial charge in [-0.1, -0.05) is 0 Å². The van der Waals surface area contributed by atoms with E-state index in [-0.39, 0.29) is 11.6 Å². The lowest BCUT2D eigenvalue weighted by atomic mass is 9.89. The maximum absolute atomic E-state index is 11.3. The highest BCUT2D eigenvalue weighted by molar-refractivity contribution is 5.67. The first kappa shape index (κ1) is 10.7. The molecule has 0 bridgehead atoms. The number of carbonyl (C=O) groups excluding carboxylic acids is 1. The van der Waals surface area contributed by atoms with Crippen molar-refractivity contribution in [1.29, 1.82) is 0 Å². The lowest BCUT2D eigenvalue weighted by Gasteiger charge is -2.32. The number of carbonyl (C=O) groups is 1. The van der Waals surface area contributed by atoms with Crippen molar-refractivity contribution in [3.63, 3.8) is 0 Å². The van der Waals surface area contributed by atoms with Crippen LogP contribution in [0.15, 0.2) is 0 Å². The van der Waals surface area contributed by atoms with E-state index in [0.29, 0.717) is 5.92 Å². The van der Waals surface area contributed by atoms with Gasteiger partial charge in [0.05, 0.1) is 7.11 Å². The number of ether oxygens (including phenoxy) is 1. The van der Waals surface area contributed by atoms with Crippen LogP contribution in [0.2, 0.25) is 0 Å². The van der Waals surface area contributed by atoms with Crippen LogP contribution in [0.25, 0.3) is 0 Å². The summed E-state index contributed by atoms with van der Waals surface area (Å²) in [5.41, 5.74) is 6.24. The Balaban J connectivity index is 1.74. The highest BCUT2D eigenvalue weighted by Crippen LogP contribution is 2.40. The summed E-state index contributed by atoms with van der Waals surface area (Å²) in [6.45, 7) is 1.65. The predicted octanol–water partition coefficient (Wildman–Crippen LogP) is 1.35. The van der Waals surface area contributed by atoms with Crippen LogP contribution in [0.5, 0.6) is 0 Å². The molecule has 0 aromatic heterocycles. The third kappa shape index (κ3) is 2.62. The van der Waals surface area contributed by atoms with Crippen LogP contribution in [0.1, 0.15) is 32.1 Å². The summed E-state index contributed by atoms with van der Waals surface area (Å²) in [6.07, 6.45) is 5.47. The first-order chi connectivity index (χ1) is 7.13. The van der Waals surface area contributed by atoms with Gasteiger partial charge < -0.3 is 15.4 Å². The monoisotopic (exact) mass is 212 g/mol. The second-order valence-corrected chi connectivity index (χ2v) is 4.97. The zero-order chi connectivity index (χ0) is 10.9. The fourth-order valence-corrected chi connectivity index (χ4v) is 2.39. The van der Waals surface area contributed by atoms with Crippen LogP contribution in [0, 0.1) is 5.92 Å². The minimum absolute atomic E-state index is 0.151. The molecular formula is C11H20N2O2. The molecule has 2 fully saturated rings. The van der Waals surface area contributed by atoms with Crippen molar-refractivity contribution >= 4 is 6.09 Å². The Morgan fingerprint density at radius 3 is 2.53 bits per heavy atom. The average Bonchev–Trinajstić information content (AvgIpc) is 2.96.